The summed E-state index contributed by atoms with van der Waals surface area (Å²) in [5.74, 6) is 0. The normalized spacial score (nSPS) is 20.2. The Labute approximate surface area is 118 Å². The van der Waals surface area contributed by atoms with E-state index in [1.54, 1.807) is 0 Å². The second-order valence-electron chi connectivity index (χ2n) is 4.03. The molecule has 18 heavy (non-hydrogen) atoms. The van der Waals surface area contributed by atoms with E-state index >= 15 is 0 Å². The average Bonchev–Trinajstić information content (AvgIpc) is 2.70. The van der Waals surface area contributed by atoms with E-state index in [0.29, 0.717) is 12.8 Å². The van der Waals surface area contributed by atoms with Crippen LogP contribution in [0.15, 0.2) is 12.3 Å². The Bertz CT molecular complexity index is 413. The van der Waals surface area contributed by atoms with Gasteiger partial charge in [-0.1, -0.05) is 0 Å². The van der Waals surface area contributed by atoms with E-state index in [1.165, 1.54) is 9.12 Å². The summed E-state index contributed by atoms with van der Waals surface area (Å²) in [6, 6.07) is 1.92. The van der Waals surface area contributed by atoms with Gasteiger partial charge < -0.3 is 4.74 Å². The number of ether oxygens (including phenoxy) is 1. The van der Waals surface area contributed by atoms with Crippen molar-refractivity contribution < 1.29 is 22.3 Å². The zero-order valence-corrected chi connectivity index (χ0v) is 12.1. The second-order valence-corrected chi connectivity index (χ2v) is 5.74. The van der Waals surface area contributed by atoms with Crippen LogP contribution in [0.3, 0.4) is 0 Å². The van der Waals surface area contributed by atoms with Crippen molar-refractivity contribution in [3.8, 4) is 0 Å². The number of hydrogen-bond donors (Lipinski definition) is 0. The van der Waals surface area contributed by atoms with Crippen LogP contribution in [0, 0.1) is 0 Å². The first-order valence-corrected chi connectivity index (χ1v) is 8.57. The fraction of sp³-hybridized carbons (Fsp3) is 0.600. The third-order valence-corrected chi connectivity index (χ3v) is 4.62. The molecule has 8 heteroatoms. The maximum atomic E-state index is 12.8. The Kier molecular flexibility index (Phi) is 4.48. The van der Waals surface area contributed by atoms with Crippen LogP contribution < -0.4 is 0 Å². The number of aryl methyl sites for hydroxylation is 1. The second kappa shape index (κ2) is 5.58. The first-order valence-electron chi connectivity index (χ1n) is 5.26. The van der Waals surface area contributed by atoms with Gasteiger partial charge in [0.2, 0.25) is 0 Å². The molecule has 1 aliphatic carbocycles. The molecule has 0 fully saturated rings. The van der Waals surface area contributed by atoms with Crippen LogP contribution in [0.2, 0.25) is 0 Å². The van der Waals surface area contributed by atoms with Gasteiger partial charge in [0.05, 0.1) is 6.10 Å². The number of halogens is 5. The summed E-state index contributed by atoms with van der Waals surface area (Å²) in [6.07, 6.45) is -6.02. The van der Waals surface area contributed by atoms with Crippen molar-refractivity contribution in [3.05, 3.63) is 23.5 Å². The molecule has 1 unspecified atom stereocenters. The van der Waals surface area contributed by atoms with Crippen LogP contribution in [0.1, 0.15) is 17.7 Å². The molecule has 0 radical (unpaired) electrons. The van der Waals surface area contributed by atoms with Crippen LogP contribution in [0.25, 0.3) is 0 Å². The summed E-state index contributed by atoms with van der Waals surface area (Å²) in [5, 5.41) is 0. The van der Waals surface area contributed by atoms with Gasteiger partial charge >= 0.3 is 12.5 Å². The molecule has 1 atom stereocenters. The molecule has 2 rings (SSSR count). The molecule has 0 saturated carbocycles. The fourth-order valence-corrected chi connectivity index (χ4v) is 3.50. The lowest BCUT2D eigenvalue weighted by Crippen LogP contribution is -2.37. The van der Waals surface area contributed by atoms with Crippen LogP contribution in [0.5, 0.6) is 0 Å². The molecule has 1 aliphatic rings. The number of nitrogens with zero attached hydrogens (tertiary/aromatic N) is 1. The molecule has 1 aromatic heterocycles. The van der Waals surface area contributed by atoms with Gasteiger partial charge in [-0.25, -0.2) is 8.78 Å². The first-order chi connectivity index (χ1) is 8.44. The Morgan fingerprint density at radius 3 is 2.83 bits per heavy atom. The van der Waals surface area contributed by atoms with Crippen molar-refractivity contribution in [2.45, 2.75) is 37.9 Å². The van der Waals surface area contributed by atoms with Crippen LogP contribution in [-0.4, -0.2) is 22.6 Å². The summed E-state index contributed by atoms with van der Waals surface area (Å²) < 4.78 is 55.9. The highest BCUT2D eigenvalue weighted by molar-refractivity contribution is 14.2. The monoisotopic (exact) mass is 395 g/mol. The molecule has 0 N–H and O–H groups in total. The van der Waals surface area contributed by atoms with Crippen LogP contribution in [0.4, 0.5) is 17.6 Å². The summed E-state index contributed by atoms with van der Waals surface area (Å²) in [6.45, 7) is 0. The van der Waals surface area contributed by atoms with Gasteiger partial charge in [0, 0.05) is 48.6 Å². The number of fused-ring (bicyclic) bond motifs is 1. The van der Waals surface area contributed by atoms with E-state index < -0.39 is 18.6 Å². The topological polar surface area (TPSA) is 14.2 Å². The molecular formula is C10H10F4INOS. The van der Waals surface area contributed by atoms with Crippen molar-refractivity contribution in [2.75, 3.05) is 0 Å². The molecule has 0 amide bonds. The third-order valence-electron chi connectivity index (χ3n) is 2.86. The minimum atomic E-state index is -4.36. The lowest BCUT2D eigenvalue weighted by Gasteiger charge is -2.27. The van der Waals surface area contributed by atoms with Gasteiger partial charge in [0.25, 0.3) is 0 Å². The van der Waals surface area contributed by atoms with Crippen molar-refractivity contribution in [2.24, 2.45) is 0 Å². The number of rotatable bonds is 4. The smallest absolute Gasteiger partial charge is 0.312 e. The van der Waals surface area contributed by atoms with Crippen LogP contribution in [-0.2, 0) is 17.6 Å². The largest absolute Gasteiger partial charge is 0.416 e. The predicted molar refractivity (Wildman–Crippen MR) is 69.3 cm³/mol. The van der Waals surface area contributed by atoms with Crippen LogP contribution >= 0.6 is 30.3 Å². The Hall–Kier alpha value is 0.0400. The molecular weight excluding hydrogens is 385 g/mol. The standard InChI is InChI=1S/C10H10F4INOS/c11-9(12)10(13,14)17-7-2-1-6-3-4-16(18-15)8(6)5-7/h3-4,7,9H,1-2,5H2. The minimum Gasteiger partial charge on any atom is -0.312 e. The van der Waals surface area contributed by atoms with E-state index in [-0.39, 0.29) is 6.42 Å². The Morgan fingerprint density at radius 2 is 2.22 bits per heavy atom. The number of hydrogen-bond acceptors (Lipinski definition) is 2. The molecule has 0 aliphatic heterocycles. The highest BCUT2D eigenvalue weighted by Gasteiger charge is 2.45. The summed E-state index contributed by atoms with van der Waals surface area (Å²) in [4.78, 5) is 0. The first kappa shape index (κ1) is 14.4. The van der Waals surface area contributed by atoms with Gasteiger partial charge in [0.1, 0.15) is 0 Å². The molecule has 1 heterocycles. The van der Waals surface area contributed by atoms with E-state index in [4.69, 9.17) is 0 Å². The van der Waals surface area contributed by atoms with Crippen molar-refractivity contribution >= 4 is 30.3 Å². The maximum absolute atomic E-state index is 12.8. The van der Waals surface area contributed by atoms with E-state index in [9.17, 15) is 17.6 Å². The van der Waals surface area contributed by atoms with Gasteiger partial charge in [-0.15, -0.1) is 0 Å². The lowest BCUT2D eigenvalue weighted by atomic mass is 9.95. The van der Waals surface area contributed by atoms with E-state index in [1.807, 2.05) is 16.2 Å². The zero-order valence-electron chi connectivity index (χ0n) is 9.08. The molecule has 0 spiro atoms. The third kappa shape index (κ3) is 2.96. The molecule has 1 aromatic rings. The van der Waals surface area contributed by atoms with Crippen molar-refractivity contribution in [3.63, 3.8) is 0 Å². The van der Waals surface area contributed by atoms with E-state index in [2.05, 4.69) is 25.9 Å². The zero-order chi connectivity index (χ0) is 13.3. The van der Waals surface area contributed by atoms with Gasteiger partial charge in [-0.3, -0.25) is 3.97 Å². The highest BCUT2D eigenvalue weighted by Crippen LogP contribution is 2.33. The fourth-order valence-electron chi connectivity index (χ4n) is 2.01. The number of aromatic nitrogens is 1. The van der Waals surface area contributed by atoms with Gasteiger partial charge in [0.15, 0.2) is 0 Å². The average molecular weight is 395 g/mol. The predicted octanol–water partition coefficient (Wildman–Crippen LogP) is 4.07. The van der Waals surface area contributed by atoms with Crippen molar-refractivity contribution in [1.82, 2.24) is 3.97 Å². The van der Waals surface area contributed by atoms with Gasteiger partial charge in [-0.2, -0.15) is 8.78 Å². The summed E-state index contributed by atoms with van der Waals surface area (Å²) in [7, 11) is 1.41. The summed E-state index contributed by atoms with van der Waals surface area (Å²) >= 11 is 2.07. The maximum Gasteiger partial charge on any atom is 0.416 e. The lowest BCUT2D eigenvalue weighted by molar-refractivity contribution is -0.319. The van der Waals surface area contributed by atoms with E-state index in [0.717, 1.165) is 11.3 Å². The molecule has 2 nitrogen and oxygen atoms in total. The Morgan fingerprint density at radius 1 is 1.50 bits per heavy atom. The minimum absolute atomic E-state index is 0.237. The molecule has 0 aromatic carbocycles. The summed E-state index contributed by atoms with van der Waals surface area (Å²) in [5.41, 5.74) is 1.94. The molecule has 0 bridgehead atoms. The molecule has 0 saturated heterocycles. The quantitative estimate of drug-likeness (QED) is 0.564. The number of alkyl halides is 4. The van der Waals surface area contributed by atoms with Gasteiger partial charge in [-0.05, 0) is 24.5 Å². The highest BCUT2D eigenvalue weighted by atomic mass is 127. The Balaban J connectivity index is 2.07. The van der Waals surface area contributed by atoms with Crippen molar-refractivity contribution in [1.29, 1.82) is 0 Å². The SMILES string of the molecule is FC(F)C(F)(F)OC1CCc2ccn(SI)c2C1. The molecule has 102 valence electrons.